The van der Waals surface area contributed by atoms with E-state index in [1.807, 2.05) is 0 Å². The van der Waals surface area contributed by atoms with Crippen LogP contribution in [0.3, 0.4) is 0 Å². The summed E-state index contributed by atoms with van der Waals surface area (Å²) in [6.45, 7) is 0.784. The van der Waals surface area contributed by atoms with Crippen molar-refractivity contribution in [3.63, 3.8) is 0 Å². The van der Waals surface area contributed by atoms with Crippen molar-refractivity contribution in [2.24, 2.45) is 0 Å². The molecule has 1 unspecified atom stereocenters. The van der Waals surface area contributed by atoms with Gasteiger partial charge in [0, 0.05) is 0 Å². The first-order chi connectivity index (χ1) is 14.8. The smallest absolute Gasteiger partial charge is 0.461 e. The number of rotatable bonds is 9. The van der Waals surface area contributed by atoms with Crippen molar-refractivity contribution in [1.82, 2.24) is 5.09 Å². The van der Waals surface area contributed by atoms with E-state index >= 15 is 0 Å². The second-order valence-corrected chi connectivity index (χ2v) is 9.36. The average molecular weight is 461 g/mol. The number of aliphatic hydroxyl groups excluding tert-OH is 2. The minimum absolute atomic E-state index is 0.152. The van der Waals surface area contributed by atoms with Crippen molar-refractivity contribution >= 4 is 13.7 Å². The maximum absolute atomic E-state index is 14.4. The fourth-order valence-corrected chi connectivity index (χ4v) is 5.08. The van der Waals surface area contributed by atoms with E-state index in [1.165, 1.54) is 19.1 Å². The molecule has 1 aromatic carbocycles. The van der Waals surface area contributed by atoms with Gasteiger partial charge in [0.15, 0.2) is 6.17 Å². The van der Waals surface area contributed by atoms with E-state index in [-0.39, 0.29) is 11.9 Å². The molecule has 3 N–H and O–H groups in total. The Balaban J connectivity index is 1.70. The number of halogens is 1. The van der Waals surface area contributed by atoms with Crippen LogP contribution in [0.1, 0.15) is 39.0 Å². The Morgan fingerprint density at radius 2 is 1.97 bits per heavy atom. The van der Waals surface area contributed by atoms with Gasteiger partial charge in [-0.2, -0.15) is 5.09 Å². The Morgan fingerprint density at radius 3 is 2.58 bits per heavy atom. The molecule has 2 fully saturated rings. The summed E-state index contributed by atoms with van der Waals surface area (Å²) in [5.41, 5.74) is 0. The largest absolute Gasteiger partial charge is 0.461 e. The van der Waals surface area contributed by atoms with Gasteiger partial charge < -0.3 is 24.2 Å². The van der Waals surface area contributed by atoms with Crippen LogP contribution in [-0.4, -0.2) is 59.6 Å². The minimum Gasteiger partial charge on any atom is -0.461 e. The van der Waals surface area contributed by atoms with Crippen molar-refractivity contribution in [3.05, 3.63) is 30.3 Å². The molecule has 3 rings (SSSR count). The second kappa shape index (κ2) is 10.8. The van der Waals surface area contributed by atoms with Crippen molar-refractivity contribution in [2.45, 2.75) is 75.8 Å². The molecule has 6 atom stereocenters. The number of hydrogen-bond donors (Lipinski definition) is 3. The molecule has 0 spiro atoms. The van der Waals surface area contributed by atoms with E-state index < -0.39 is 51.0 Å². The summed E-state index contributed by atoms with van der Waals surface area (Å²) in [5.74, 6) is -0.483. The number of para-hydroxylation sites is 1. The number of carbonyl (C=O) groups excluding carboxylic acids is 1. The molecule has 1 aromatic rings. The molecular formula is C20H29FNO8P. The van der Waals surface area contributed by atoms with Crippen molar-refractivity contribution < 1.29 is 42.5 Å². The fraction of sp³-hybridized carbons (Fsp3) is 0.650. The molecule has 0 bridgehead atoms. The lowest BCUT2D eigenvalue weighted by molar-refractivity contribution is -0.152. The lowest BCUT2D eigenvalue weighted by Crippen LogP contribution is -2.39. The number of aliphatic hydroxyl groups is 2. The van der Waals surface area contributed by atoms with Crippen LogP contribution in [-0.2, 0) is 23.4 Å². The quantitative estimate of drug-likeness (QED) is 0.376. The first-order valence-corrected chi connectivity index (χ1v) is 12.0. The Bertz CT molecular complexity index is 763. The first kappa shape index (κ1) is 24.1. The highest BCUT2D eigenvalue weighted by Crippen LogP contribution is 2.48. The lowest BCUT2D eigenvalue weighted by Gasteiger charge is -2.27. The highest BCUT2D eigenvalue weighted by Gasteiger charge is 2.49. The molecule has 1 heterocycles. The molecule has 1 saturated carbocycles. The third-order valence-corrected chi connectivity index (χ3v) is 6.85. The predicted octanol–water partition coefficient (Wildman–Crippen LogP) is 2.46. The van der Waals surface area contributed by atoms with Gasteiger partial charge in [0.1, 0.15) is 30.1 Å². The molecule has 174 valence electrons. The summed E-state index contributed by atoms with van der Waals surface area (Å²) in [7, 11) is -4.36. The Labute approximate surface area is 180 Å². The third-order valence-electron chi connectivity index (χ3n) is 5.21. The number of hydrogen-bond acceptors (Lipinski definition) is 8. The molecule has 0 amide bonds. The monoisotopic (exact) mass is 461 g/mol. The molecule has 1 aliphatic heterocycles. The highest BCUT2D eigenvalue weighted by molar-refractivity contribution is 7.52. The number of ether oxygens (including phenoxy) is 2. The summed E-state index contributed by atoms with van der Waals surface area (Å²) < 4.78 is 49.2. The van der Waals surface area contributed by atoms with Crippen molar-refractivity contribution in [1.29, 1.82) is 0 Å². The molecule has 2 aliphatic rings. The maximum atomic E-state index is 14.4. The van der Waals surface area contributed by atoms with Gasteiger partial charge in [-0.3, -0.25) is 9.32 Å². The van der Waals surface area contributed by atoms with Gasteiger partial charge in [-0.15, -0.1) is 0 Å². The van der Waals surface area contributed by atoms with E-state index in [9.17, 15) is 24.0 Å². The Hall–Kier alpha value is -1.55. The summed E-state index contributed by atoms with van der Waals surface area (Å²) in [4.78, 5) is 12.5. The van der Waals surface area contributed by atoms with Crippen molar-refractivity contribution in [3.8, 4) is 5.75 Å². The number of nitrogens with one attached hydrogen (secondary N) is 1. The van der Waals surface area contributed by atoms with Gasteiger partial charge in [0.2, 0.25) is 6.29 Å². The topological polar surface area (TPSA) is 124 Å². The summed E-state index contributed by atoms with van der Waals surface area (Å²) in [5, 5.41) is 21.5. The van der Waals surface area contributed by atoms with Crippen LogP contribution in [0, 0.1) is 0 Å². The number of carbonyl (C=O) groups is 1. The van der Waals surface area contributed by atoms with Gasteiger partial charge in [-0.1, -0.05) is 24.6 Å². The average Bonchev–Trinajstić information content (AvgIpc) is 3.02. The zero-order valence-electron chi connectivity index (χ0n) is 17.3. The fourth-order valence-electron chi connectivity index (χ4n) is 3.50. The Morgan fingerprint density at radius 1 is 1.29 bits per heavy atom. The van der Waals surface area contributed by atoms with Crippen LogP contribution in [0.4, 0.5) is 4.39 Å². The molecule has 0 aromatic heterocycles. The van der Waals surface area contributed by atoms with Gasteiger partial charge in [0.05, 0.1) is 6.61 Å². The molecule has 11 heteroatoms. The molecule has 9 nitrogen and oxygen atoms in total. The SMILES string of the molecule is C[C@H](NP(=O)(Oc1ccccc1)O[C@H]1O[C@H](CO)[C@@H](O)[C@@H]1F)C(=O)OC1CCCCC1. The van der Waals surface area contributed by atoms with Crippen molar-refractivity contribution in [2.75, 3.05) is 6.61 Å². The summed E-state index contributed by atoms with van der Waals surface area (Å²) >= 11 is 0. The van der Waals surface area contributed by atoms with Gasteiger partial charge >= 0.3 is 13.7 Å². The zero-order chi connectivity index (χ0) is 22.4. The predicted molar refractivity (Wildman–Crippen MR) is 108 cm³/mol. The van der Waals surface area contributed by atoms with E-state index in [0.29, 0.717) is 0 Å². The standard InChI is InChI=1S/C20H29FNO8P/c1-13(19(25)27-14-8-4-2-5-9-14)22-31(26,29-15-10-6-3-7-11-15)30-20-17(21)18(24)16(12-23)28-20/h3,6-7,10-11,13-14,16-18,20,23-24H,2,4-5,8-9,12H2,1H3,(H,22,26)/t13-,16+,17-,18+,20+,31?/m0/s1. The van der Waals surface area contributed by atoms with Gasteiger partial charge in [-0.05, 0) is 44.7 Å². The first-order valence-electron chi connectivity index (χ1n) is 10.4. The van der Waals surface area contributed by atoms with E-state index in [4.69, 9.17) is 18.5 Å². The highest BCUT2D eigenvalue weighted by atomic mass is 31.2. The molecular weight excluding hydrogens is 432 g/mol. The number of alkyl halides is 1. The van der Waals surface area contributed by atoms with Crippen LogP contribution >= 0.6 is 7.75 Å². The van der Waals surface area contributed by atoms with E-state index in [2.05, 4.69) is 5.09 Å². The van der Waals surface area contributed by atoms with Crippen LogP contribution in [0.2, 0.25) is 0 Å². The van der Waals surface area contributed by atoms with Crippen LogP contribution in [0.5, 0.6) is 5.75 Å². The molecule has 1 aliphatic carbocycles. The normalized spacial score (nSPS) is 29.8. The second-order valence-electron chi connectivity index (χ2n) is 7.72. The van der Waals surface area contributed by atoms with Crippen LogP contribution < -0.4 is 9.61 Å². The minimum atomic E-state index is -4.36. The maximum Gasteiger partial charge on any atom is 0.461 e. The van der Waals surface area contributed by atoms with E-state index in [1.54, 1.807) is 18.2 Å². The van der Waals surface area contributed by atoms with Crippen LogP contribution in [0.25, 0.3) is 0 Å². The van der Waals surface area contributed by atoms with Gasteiger partial charge in [0.25, 0.3) is 0 Å². The van der Waals surface area contributed by atoms with Gasteiger partial charge in [-0.25, -0.2) is 8.96 Å². The molecule has 0 radical (unpaired) electrons. The molecule has 31 heavy (non-hydrogen) atoms. The summed E-state index contributed by atoms with van der Waals surface area (Å²) in [6, 6.07) is 6.92. The lowest BCUT2D eigenvalue weighted by atomic mass is 9.98. The van der Waals surface area contributed by atoms with E-state index in [0.717, 1.165) is 32.1 Å². The van der Waals surface area contributed by atoms with Crippen LogP contribution in [0.15, 0.2) is 30.3 Å². The number of esters is 1. The number of benzene rings is 1. The molecule has 1 saturated heterocycles. The zero-order valence-corrected chi connectivity index (χ0v) is 18.2. The summed E-state index contributed by atoms with van der Waals surface area (Å²) in [6.07, 6.45) is -2.34. The Kier molecular flexibility index (Phi) is 8.43. The third kappa shape index (κ3) is 6.47.